The second-order valence-corrected chi connectivity index (χ2v) is 3.92. The zero-order valence-electron chi connectivity index (χ0n) is 9.48. The molecule has 0 aliphatic heterocycles. The van der Waals surface area contributed by atoms with Gasteiger partial charge in [-0.15, -0.1) is 0 Å². The smallest absolute Gasteiger partial charge is 0.356 e. The van der Waals surface area contributed by atoms with Crippen molar-refractivity contribution in [2.24, 2.45) is 0 Å². The molecule has 18 heavy (non-hydrogen) atoms. The van der Waals surface area contributed by atoms with Crippen LogP contribution in [-0.2, 0) is 4.74 Å². The summed E-state index contributed by atoms with van der Waals surface area (Å²) >= 11 is 4.96. The van der Waals surface area contributed by atoms with Crippen molar-refractivity contribution in [3.05, 3.63) is 40.3 Å². The van der Waals surface area contributed by atoms with E-state index >= 15 is 0 Å². The van der Waals surface area contributed by atoms with E-state index in [-0.39, 0.29) is 5.69 Å². The zero-order chi connectivity index (χ0) is 13.1. The maximum Gasteiger partial charge on any atom is 0.356 e. The van der Waals surface area contributed by atoms with Crippen LogP contribution in [0.2, 0.25) is 0 Å². The number of imidazole rings is 1. The molecule has 1 heterocycles. The highest BCUT2D eigenvalue weighted by Crippen LogP contribution is 2.21. The van der Waals surface area contributed by atoms with Gasteiger partial charge < -0.3 is 14.7 Å². The van der Waals surface area contributed by atoms with Gasteiger partial charge in [0.1, 0.15) is 0 Å². The lowest BCUT2D eigenvalue weighted by atomic mass is 10.1. The molecule has 0 atom stereocenters. The number of hydrogen-bond acceptors (Lipinski definition) is 4. The van der Waals surface area contributed by atoms with Crippen LogP contribution >= 0.6 is 12.2 Å². The fourth-order valence-electron chi connectivity index (χ4n) is 1.57. The number of nitriles is 1. The van der Waals surface area contributed by atoms with E-state index < -0.39 is 5.97 Å². The van der Waals surface area contributed by atoms with Gasteiger partial charge in [0.25, 0.3) is 0 Å². The lowest BCUT2D eigenvalue weighted by Gasteiger charge is -2.01. The molecule has 0 spiro atoms. The van der Waals surface area contributed by atoms with Gasteiger partial charge in [-0.05, 0) is 24.4 Å². The van der Waals surface area contributed by atoms with E-state index in [1.165, 1.54) is 7.11 Å². The van der Waals surface area contributed by atoms with Gasteiger partial charge in [-0.3, -0.25) is 0 Å². The average molecular weight is 259 g/mol. The van der Waals surface area contributed by atoms with Crippen molar-refractivity contribution in [3.8, 4) is 17.3 Å². The molecule has 0 saturated heterocycles. The highest BCUT2D eigenvalue weighted by molar-refractivity contribution is 7.71. The van der Waals surface area contributed by atoms with Crippen LogP contribution in [-0.4, -0.2) is 23.0 Å². The number of carbonyl (C=O) groups is 1. The molecule has 0 fully saturated rings. The Morgan fingerprint density at radius 1 is 1.33 bits per heavy atom. The van der Waals surface area contributed by atoms with E-state index in [1.807, 2.05) is 6.07 Å². The van der Waals surface area contributed by atoms with Crippen LogP contribution in [0.3, 0.4) is 0 Å². The molecular weight excluding hydrogens is 250 g/mol. The highest BCUT2D eigenvalue weighted by atomic mass is 32.1. The number of H-pyrrole nitrogens is 2. The van der Waals surface area contributed by atoms with Gasteiger partial charge in [-0.2, -0.15) is 5.26 Å². The molecule has 90 valence electrons. The fourth-order valence-corrected chi connectivity index (χ4v) is 1.77. The van der Waals surface area contributed by atoms with Crippen molar-refractivity contribution in [3.63, 3.8) is 0 Å². The van der Waals surface area contributed by atoms with Crippen LogP contribution in [0.25, 0.3) is 11.3 Å². The van der Waals surface area contributed by atoms with Crippen molar-refractivity contribution < 1.29 is 9.53 Å². The van der Waals surface area contributed by atoms with Gasteiger partial charge in [-0.25, -0.2) is 4.79 Å². The summed E-state index contributed by atoms with van der Waals surface area (Å²) in [6, 6.07) is 8.83. The summed E-state index contributed by atoms with van der Waals surface area (Å²) < 4.78 is 5.01. The number of hydrogen-bond donors (Lipinski definition) is 2. The second-order valence-electron chi connectivity index (χ2n) is 3.51. The van der Waals surface area contributed by atoms with Crippen LogP contribution in [0.5, 0.6) is 0 Å². The van der Waals surface area contributed by atoms with Crippen molar-refractivity contribution in [2.45, 2.75) is 0 Å². The van der Waals surface area contributed by atoms with Gasteiger partial charge in [0, 0.05) is 5.56 Å². The number of aromatic nitrogens is 2. The number of carbonyl (C=O) groups excluding carboxylic acids is 1. The second kappa shape index (κ2) is 4.85. The molecule has 5 nitrogen and oxygen atoms in total. The molecule has 0 bridgehead atoms. The largest absolute Gasteiger partial charge is 0.464 e. The summed E-state index contributed by atoms with van der Waals surface area (Å²) in [5, 5.41) is 8.73. The third kappa shape index (κ3) is 2.17. The van der Waals surface area contributed by atoms with Crippen LogP contribution in [0.1, 0.15) is 16.1 Å². The van der Waals surface area contributed by atoms with Gasteiger partial charge in [0.2, 0.25) is 0 Å². The van der Waals surface area contributed by atoms with Crippen molar-refractivity contribution in [2.75, 3.05) is 7.11 Å². The number of ether oxygens (including phenoxy) is 1. The lowest BCUT2D eigenvalue weighted by Crippen LogP contribution is -2.03. The van der Waals surface area contributed by atoms with Gasteiger partial charge in [0.05, 0.1) is 24.4 Å². The van der Waals surface area contributed by atoms with Crippen molar-refractivity contribution >= 4 is 18.2 Å². The molecule has 0 radical (unpaired) electrons. The Morgan fingerprint density at radius 3 is 2.56 bits per heavy atom. The number of rotatable bonds is 2. The maximum absolute atomic E-state index is 11.6. The van der Waals surface area contributed by atoms with Crippen molar-refractivity contribution in [1.82, 2.24) is 9.97 Å². The maximum atomic E-state index is 11.6. The molecule has 0 aliphatic rings. The van der Waals surface area contributed by atoms with Gasteiger partial charge in [-0.1, -0.05) is 12.1 Å². The lowest BCUT2D eigenvalue weighted by molar-refractivity contribution is 0.0595. The molecule has 0 saturated carbocycles. The van der Waals surface area contributed by atoms with Crippen LogP contribution in [0, 0.1) is 16.1 Å². The SMILES string of the molecule is COC(=O)c1[nH]c(=S)[nH]c1-c1ccc(C#N)cc1. The fraction of sp³-hybridized carbons (Fsp3) is 0.0833. The first-order valence-electron chi connectivity index (χ1n) is 5.07. The predicted molar refractivity (Wildman–Crippen MR) is 67.5 cm³/mol. The number of esters is 1. The van der Waals surface area contributed by atoms with E-state index in [4.69, 9.17) is 17.5 Å². The molecule has 2 N–H and O–H groups in total. The topological polar surface area (TPSA) is 81.7 Å². The summed E-state index contributed by atoms with van der Waals surface area (Å²) in [6.45, 7) is 0. The minimum Gasteiger partial charge on any atom is -0.464 e. The molecule has 2 rings (SSSR count). The van der Waals surface area contributed by atoms with E-state index in [1.54, 1.807) is 24.3 Å². The van der Waals surface area contributed by atoms with Gasteiger partial charge in [0.15, 0.2) is 10.5 Å². The molecular formula is C12H9N3O2S. The summed E-state index contributed by atoms with van der Waals surface area (Å²) in [5.74, 6) is -0.498. The van der Waals surface area contributed by atoms with Crippen LogP contribution in [0.15, 0.2) is 24.3 Å². The number of nitrogens with zero attached hydrogens (tertiary/aromatic N) is 1. The Bertz CT molecular complexity index is 677. The van der Waals surface area contributed by atoms with E-state index in [0.29, 0.717) is 16.0 Å². The summed E-state index contributed by atoms with van der Waals surface area (Å²) in [4.78, 5) is 17.2. The number of benzene rings is 1. The molecule has 0 amide bonds. The number of aromatic amines is 2. The average Bonchev–Trinajstić information content (AvgIpc) is 2.80. The van der Waals surface area contributed by atoms with Crippen LogP contribution < -0.4 is 0 Å². The Hall–Kier alpha value is -2.39. The highest BCUT2D eigenvalue weighted by Gasteiger charge is 2.16. The third-order valence-corrected chi connectivity index (χ3v) is 2.62. The Balaban J connectivity index is 2.53. The first-order chi connectivity index (χ1) is 8.65. The first-order valence-corrected chi connectivity index (χ1v) is 5.47. The quantitative estimate of drug-likeness (QED) is 0.641. The standard InChI is InChI=1S/C12H9N3O2S/c1-17-11(16)10-9(14-12(18)15-10)8-4-2-7(6-13)3-5-8/h2-5H,1H3,(H2,14,15,18). The first kappa shape index (κ1) is 12.1. The molecule has 1 aromatic heterocycles. The summed E-state index contributed by atoms with van der Waals surface area (Å²) in [6.07, 6.45) is 0. The Labute approximate surface area is 108 Å². The van der Waals surface area contributed by atoms with E-state index in [2.05, 4.69) is 14.7 Å². The Morgan fingerprint density at radius 2 is 2.00 bits per heavy atom. The predicted octanol–water partition coefficient (Wildman–Crippen LogP) is 2.40. The molecule has 0 aliphatic carbocycles. The van der Waals surface area contributed by atoms with Gasteiger partial charge >= 0.3 is 5.97 Å². The van der Waals surface area contributed by atoms with Crippen LogP contribution in [0.4, 0.5) is 0 Å². The summed E-state index contributed by atoms with van der Waals surface area (Å²) in [5.41, 5.74) is 2.12. The minimum atomic E-state index is -0.498. The zero-order valence-corrected chi connectivity index (χ0v) is 10.3. The van der Waals surface area contributed by atoms with E-state index in [9.17, 15) is 4.79 Å². The minimum absolute atomic E-state index is 0.271. The normalized spacial score (nSPS) is 9.78. The number of nitrogens with one attached hydrogen (secondary N) is 2. The molecule has 6 heteroatoms. The summed E-state index contributed by atoms with van der Waals surface area (Å²) in [7, 11) is 1.30. The number of methoxy groups -OCH3 is 1. The molecule has 2 aromatic rings. The molecule has 0 unspecified atom stereocenters. The third-order valence-electron chi connectivity index (χ3n) is 2.42. The van der Waals surface area contributed by atoms with E-state index in [0.717, 1.165) is 5.56 Å². The molecule has 1 aromatic carbocycles. The monoisotopic (exact) mass is 259 g/mol. The Kier molecular flexibility index (Phi) is 3.26. The van der Waals surface area contributed by atoms with Crippen molar-refractivity contribution in [1.29, 1.82) is 5.26 Å².